The van der Waals surface area contributed by atoms with Gasteiger partial charge in [-0.05, 0) is 22.3 Å². The molecule has 0 saturated carbocycles. The highest BCUT2D eigenvalue weighted by Gasteiger charge is 2.54. The topological polar surface area (TPSA) is 49.7 Å². The molecular weight excluding hydrogens is 416 g/mol. The highest BCUT2D eigenvalue weighted by atomic mass is 28.3. The first-order valence-corrected chi connectivity index (χ1v) is 11.8. The van der Waals surface area contributed by atoms with Gasteiger partial charge in [0.15, 0.2) is 11.2 Å². The van der Waals surface area contributed by atoms with E-state index in [0.29, 0.717) is 22.3 Å². The maximum absolute atomic E-state index is 12.3. The van der Waals surface area contributed by atoms with Crippen LogP contribution in [0.3, 0.4) is 0 Å². The molecule has 0 aliphatic heterocycles. The van der Waals surface area contributed by atoms with E-state index in [1.165, 1.54) is 0 Å². The fraction of sp³-hybridized carbons (Fsp3) is 0.0769. The van der Waals surface area contributed by atoms with Gasteiger partial charge >= 0.3 is 0 Å². The monoisotopic (exact) mass is 444 g/mol. The fourth-order valence-electron chi connectivity index (χ4n) is 3.89. The van der Waals surface area contributed by atoms with E-state index in [0.717, 1.165) is 21.0 Å². The van der Waals surface area contributed by atoms with Gasteiger partial charge in [0, 0.05) is 0 Å². The summed E-state index contributed by atoms with van der Waals surface area (Å²) in [4.78, 5) is 0. The van der Waals surface area contributed by atoms with Crippen molar-refractivity contribution < 1.29 is 14.3 Å². The minimum Gasteiger partial charge on any atom is -0.471 e. The zero-order chi connectivity index (χ0) is 22.2. The smallest absolute Gasteiger partial charge is 0.152 e. The van der Waals surface area contributed by atoms with Crippen LogP contribution in [-0.4, -0.2) is 31.2 Å². The first-order valence-electron chi connectivity index (χ1n) is 10.2. The maximum atomic E-state index is 12.3. The molecule has 0 atom stereocenters. The SMILES string of the molecule is OC(c1ccccc1)(c1ccccc1)C(O)(c1ccccc1)c1ccccc1.[SiH3]O[SiH3]. The van der Waals surface area contributed by atoms with E-state index in [-0.39, 0.29) is 0 Å². The lowest BCUT2D eigenvalue weighted by atomic mass is 9.66. The number of hydrogen-bond acceptors (Lipinski definition) is 3. The van der Waals surface area contributed by atoms with Crippen molar-refractivity contribution in [1.82, 2.24) is 0 Å². The van der Waals surface area contributed by atoms with E-state index in [4.69, 9.17) is 0 Å². The van der Waals surface area contributed by atoms with Gasteiger partial charge in [-0.2, -0.15) is 0 Å². The van der Waals surface area contributed by atoms with E-state index in [9.17, 15) is 10.2 Å². The second-order valence-corrected chi connectivity index (χ2v) is 10.6. The number of aliphatic hydroxyl groups is 2. The van der Waals surface area contributed by atoms with Gasteiger partial charge in [-0.3, -0.25) is 0 Å². The Morgan fingerprint density at radius 1 is 0.419 bits per heavy atom. The Kier molecular flexibility index (Phi) is 7.73. The van der Waals surface area contributed by atoms with Crippen LogP contribution < -0.4 is 0 Å². The Balaban J connectivity index is 0.000000858. The summed E-state index contributed by atoms with van der Waals surface area (Å²) in [5.74, 6) is 0. The van der Waals surface area contributed by atoms with E-state index in [1.807, 2.05) is 121 Å². The Bertz CT molecular complexity index is 877. The normalized spacial score (nSPS) is 11.5. The molecule has 0 saturated heterocycles. The minimum absolute atomic E-state index is 0.622. The Morgan fingerprint density at radius 2 is 0.581 bits per heavy atom. The molecule has 0 fully saturated rings. The summed E-state index contributed by atoms with van der Waals surface area (Å²) >= 11 is 0. The van der Waals surface area contributed by atoms with E-state index < -0.39 is 11.2 Å². The van der Waals surface area contributed by atoms with Crippen LogP contribution in [0.2, 0.25) is 0 Å². The molecule has 4 aromatic carbocycles. The van der Waals surface area contributed by atoms with Gasteiger partial charge in [-0.1, -0.05) is 121 Å². The Labute approximate surface area is 190 Å². The zero-order valence-electron chi connectivity index (χ0n) is 17.8. The van der Waals surface area contributed by atoms with Crippen molar-refractivity contribution >= 4 is 21.0 Å². The first kappa shape index (κ1) is 22.9. The molecule has 0 aromatic heterocycles. The summed E-state index contributed by atoms with van der Waals surface area (Å²) in [6, 6.07) is 37.4. The first-order chi connectivity index (χ1) is 15.1. The lowest BCUT2D eigenvalue weighted by Gasteiger charge is -2.45. The van der Waals surface area contributed by atoms with E-state index >= 15 is 0 Å². The molecule has 2 N–H and O–H groups in total. The van der Waals surface area contributed by atoms with Crippen LogP contribution in [0.4, 0.5) is 0 Å². The highest BCUT2D eigenvalue weighted by Crippen LogP contribution is 2.49. The minimum atomic E-state index is -1.70. The van der Waals surface area contributed by atoms with Crippen molar-refractivity contribution in [2.24, 2.45) is 0 Å². The van der Waals surface area contributed by atoms with E-state index in [1.54, 1.807) is 0 Å². The molecule has 0 aliphatic carbocycles. The van der Waals surface area contributed by atoms with Crippen LogP contribution >= 0.6 is 0 Å². The summed E-state index contributed by atoms with van der Waals surface area (Å²) in [5.41, 5.74) is -0.906. The average Bonchev–Trinajstić information content (AvgIpc) is 2.85. The molecule has 0 radical (unpaired) electrons. The van der Waals surface area contributed by atoms with Crippen molar-refractivity contribution in [3.05, 3.63) is 144 Å². The number of benzene rings is 4. The molecule has 4 aromatic rings. The zero-order valence-corrected chi connectivity index (χ0v) is 21.8. The van der Waals surface area contributed by atoms with Gasteiger partial charge in [0.2, 0.25) is 0 Å². The molecule has 0 heterocycles. The van der Waals surface area contributed by atoms with Crippen molar-refractivity contribution in [1.29, 1.82) is 0 Å². The van der Waals surface area contributed by atoms with Crippen molar-refractivity contribution in [2.75, 3.05) is 0 Å². The summed E-state index contributed by atoms with van der Waals surface area (Å²) < 4.78 is 4.53. The molecule has 4 rings (SSSR count). The Morgan fingerprint density at radius 3 is 0.742 bits per heavy atom. The van der Waals surface area contributed by atoms with Crippen LogP contribution in [0.15, 0.2) is 121 Å². The third-order valence-corrected chi connectivity index (χ3v) is 5.29. The van der Waals surface area contributed by atoms with Gasteiger partial charge in [-0.25, -0.2) is 0 Å². The van der Waals surface area contributed by atoms with E-state index in [2.05, 4.69) is 4.12 Å². The van der Waals surface area contributed by atoms with Crippen LogP contribution in [0, 0.1) is 0 Å². The van der Waals surface area contributed by atoms with Crippen LogP contribution in [0.1, 0.15) is 22.3 Å². The molecule has 3 nitrogen and oxygen atoms in total. The molecular formula is C26H28O3Si2. The molecule has 0 spiro atoms. The third-order valence-electron chi connectivity index (χ3n) is 5.29. The summed E-state index contributed by atoms with van der Waals surface area (Å²) in [6.45, 7) is 0. The van der Waals surface area contributed by atoms with Gasteiger partial charge < -0.3 is 14.3 Å². The van der Waals surface area contributed by atoms with Crippen LogP contribution in [0.5, 0.6) is 0 Å². The standard InChI is InChI=1S/C26H22O2.H6OSi2/c27-25(21-13-5-1-6-14-21,22-15-7-2-8-16-22)26(28,23-17-9-3-10-18-23)24-19-11-4-12-20-24;2-1-3/h1-20,27-28H;2-3H3. The van der Waals surface area contributed by atoms with Gasteiger partial charge in [0.05, 0.1) is 0 Å². The molecule has 0 bridgehead atoms. The predicted molar refractivity (Wildman–Crippen MR) is 133 cm³/mol. The largest absolute Gasteiger partial charge is 0.471 e. The lowest BCUT2D eigenvalue weighted by molar-refractivity contribution is -0.113. The third kappa shape index (κ3) is 4.46. The second-order valence-electron chi connectivity index (χ2n) is 7.29. The quantitative estimate of drug-likeness (QED) is 0.465. The summed E-state index contributed by atoms with van der Waals surface area (Å²) in [5, 5.41) is 24.7. The highest BCUT2D eigenvalue weighted by molar-refractivity contribution is 6.15. The molecule has 31 heavy (non-hydrogen) atoms. The lowest BCUT2D eigenvalue weighted by Crippen LogP contribution is -2.51. The van der Waals surface area contributed by atoms with Crippen molar-refractivity contribution in [3.8, 4) is 0 Å². The van der Waals surface area contributed by atoms with Gasteiger partial charge in [-0.15, -0.1) is 0 Å². The second kappa shape index (κ2) is 10.5. The summed E-state index contributed by atoms with van der Waals surface area (Å²) in [7, 11) is 1.86. The maximum Gasteiger partial charge on any atom is 0.152 e. The van der Waals surface area contributed by atoms with Gasteiger partial charge in [0.1, 0.15) is 21.0 Å². The number of hydrogen-bond donors (Lipinski definition) is 2. The molecule has 158 valence electrons. The Hall–Kier alpha value is -2.81. The number of rotatable bonds is 5. The fourth-order valence-corrected chi connectivity index (χ4v) is 3.89. The van der Waals surface area contributed by atoms with Crippen molar-refractivity contribution in [3.63, 3.8) is 0 Å². The van der Waals surface area contributed by atoms with Gasteiger partial charge in [0.25, 0.3) is 0 Å². The average molecular weight is 445 g/mol. The predicted octanol–water partition coefficient (Wildman–Crippen LogP) is 2.42. The van der Waals surface area contributed by atoms with Crippen LogP contribution in [0.25, 0.3) is 0 Å². The summed E-state index contributed by atoms with van der Waals surface area (Å²) in [6.07, 6.45) is 0. The molecule has 0 aliphatic rings. The molecule has 0 amide bonds. The molecule has 5 heteroatoms. The van der Waals surface area contributed by atoms with Crippen LogP contribution in [-0.2, 0) is 15.3 Å². The molecule has 0 unspecified atom stereocenters. The van der Waals surface area contributed by atoms with Crippen molar-refractivity contribution in [2.45, 2.75) is 11.2 Å².